The SMILES string of the molecule is CCCN1CCC(NC(C)c2ccc(F)cc2Br)CC1. The zero-order chi connectivity index (χ0) is 14.5. The average Bonchev–Trinajstić information content (AvgIpc) is 2.41. The van der Waals surface area contributed by atoms with Gasteiger partial charge < -0.3 is 10.2 Å². The van der Waals surface area contributed by atoms with Crippen LogP contribution in [-0.2, 0) is 0 Å². The van der Waals surface area contributed by atoms with Gasteiger partial charge in [0.15, 0.2) is 0 Å². The third-order valence-corrected chi connectivity index (χ3v) is 4.73. The maximum Gasteiger partial charge on any atom is 0.124 e. The van der Waals surface area contributed by atoms with E-state index < -0.39 is 0 Å². The van der Waals surface area contributed by atoms with Gasteiger partial charge in [0.05, 0.1) is 0 Å². The van der Waals surface area contributed by atoms with Gasteiger partial charge in [0.2, 0.25) is 0 Å². The molecule has 20 heavy (non-hydrogen) atoms. The van der Waals surface area contributed by atoms with E-state index in [-0.39, 0.29) is 11.9 Å². The average molecular weight is 343 g/mol. The highest BCUT2D eigenvalue weighted by Gasteiger charge is 2.21. The molecule has 1 fully saturated rings. The third-order valence-electron chi connectivity index (χ3n) is 4.04. The molecule has 0 aliphatic carbocycles. The Bertz CT molecular complexity index is 430. The summed E-state index contributed by atoms with van der Waals surface area (Å²) < 4.78 is 14.0. The number of benzene rings is 1. The molecule has 4 heteroatoms. The zero-order valence-electron chi connectivity index (χ0n) is 12.3. The molecule has 1 N–H and O–H groups in total. The van der Waals surface area contributed by atoms with Crippen molar-refractivity contribution in [2.45, 2.75) is 45.2 Å². The Balaban J connectivity index is 1.87. The van der Waals surface area contributed by atoms with Crippen molar-refractivity contribution in [2.24, 2.45) is 0 Å². The largest absolute Gasteiger partial charge is 0.307 e. The summed E-state index contributed by atoms with van der Waals surface area (Å²) in [6.07, 6.45) is 3.63. The summed E-state index contributed by atoms with van der Waals surface area (Å²) in [5.41, 5.74) is 1.13. The molecule has 2 nitrogen and oxygen atoms in total. The first kappa shape index (κ1) is 15.9. The van der Waals surface area contributed by atoms with Crippen LogP contribution in [0.25, 0.3) is 0 Å². The molecule has 1 aromatic rings. The number of nitrogens with one attached hydrogen (secondary N) is 1. The Morgan fingerprint density at radius 3 is 2.70 bits per heavy atom. The monoisotopic (exact) mass is 342 g/mol. The molecule has 112 valence electrons. The molecule has 1 heterocycles. The number of hydrogen-bond donors (Lipinski definition) is 1. The molecule has 0 radical (unpaired) electrons. The smallest absolute Gasteiger partial charge is 0.124 e. The second-order valence-electron chi connectivity index (χ2n) is 5.67. The molecule has 1 aliphatic rings. The lowest BCUT2D eigenvalue weighted by Gasteiger charge is -2.34. The summed E-state index contributed by atoms with van der Waals surface area (Å²) in [4.78, 5) is 2.54. The Kier molecular flexibility index (Phi) is 6.00. The Labute approximate surface area is 129 Å². The number of likely N-dealkylation sites (tertiary alicyclic amines) is 1. The van der Waals surface area contributed by atoms with E-state index >= 15 is 0 Å². The van der Waals surface area contributed by atoms with Crippen LogP contribution in [0, 0.1) is 5.82 Å². The summed E-state index contributed by atoms with van der Waals surface area (Å²) in [5.74, 6) is -0.194. The van der Waals surface area contributed by atoms with Gasteiger partial charge in [0, 0.05) is 16.6 Å². The predicted molar refractivity (Wildman–Crippen MR) is 85.4 cm³/mol. The zero-order valence-corrected chi connectivity index (χ0v) is 13.9. The van der Waals surface area contributed by atoms with Gasteiger partial charge in [0.1, 0.15) is 5.82 Å². The second-order valence-corrected chi connectivity index (χ2v) is 6.52. The molecule has 0 aromatic heterocycles. The van der Waals surface area contributed by atoms with Gasteiger partial charge in [-0.3, -0.25) is 0 Å². The van der Waals surface area contributed by atoms with Gasteiger partial charge in [-0.05, 0) is 63.5 Å². The lowest BCUT2D eigenvalue weighted by Crippen LogP contribution is -2.43. The summed E-state index contributed by atoms with van der Waals surface area (Å²) in [6.45, 7) is 7.96. The van der Waals surface area contributed by atoms with E-state index in [1.165, 1.54) is 51.0 Å². The van der Waals surface area contributed by atoms with Crippen LogP contribution in [0.15, 0.2) is 22.7 Å². The molecule has 1 aromatic carbocycles. The van der Waals surface area contributed by atoms with Crippen LogP contribution < -0.4 is 5.32 Å². The Hall–Kier alpha value is -0.450. The standard InChI is InChI=1S/C16H24BrFN2/c1-3-8-20-9-6-14(7-10-20)19-12(2)15-5-4-13(18)11-16(15)17/h4-5,11-12,14,19H,3,6-10H2,1-2H3. The summed E-state index contributed by atoms with van der Waals surface area (Å²) >= 11 is 3.45. The van der Waals surface area contributed by atoms with Gasteiger partial charge in [-0.2, -0.15) is 0 Å². The third kappa shape index (κ3) is 4.27. The van der Waals surface area contributed by atoms with E-state index in [9.17, 15) is 4.39 Å². The van der Waals surface area contributed by atoms with E-state index in [1.54, 1.807) is 0 Å². The van der Waals surface area contributed by atoms with E-state index in [2.05, 4.69) is 40.0 Å². The highest BCUT2D eigenvalue weighted by atomic mass is 79.9. The summed E-state index contributed by atoms with van der Waals surface area (Å²) in [5, 5.41) is 3.68. The normalized spacial score (nSPS) is 19.2. The van der Waals surface area contributed by atoms with Gasteiger partial charge >= 0.3 is 0 Å². The minimum Gasteiger partial charge on any atom is -0.307 e. The second kappa shape index (κ2) is 7.53. The van der Waals surface area contributed by atoms with E-state index in [4.69, 9.17) is 0 Å². The predicted octanol–water partition coefficient (Wildman–Crippen LogP) is 4.11. The number of halogens is 2. The highest BCUT2D eigenvalue weighted by Crippen LogP contribution is 2.25. The molecule has 1 aliphatic heterocycles. The quantitative estimate of drug-likeness (QED) is 0.865. The van der Waals surface area contributed by atoms with Crippen molar-refractivity contribution in [2.75, 3.05) is 19.6 Å². The lowest BCUT2D eigenvalue weighted by molar-refractivity contribution is 0.192. The molecule has 0 bridgehead atoms. The first-order valence-corrected chi connectivity index (χ1v) is 8.32. The minimum atomic E-state index is -0.194. The molecular formula is C16H24BrFN2. The van der Waals surface area contributed by atoms with Crippen LogP contribution in [0.1, 0.15) is 44.7 Å². The van der Waals surface area contributed by atoms with E-state index in [0.29, 0.717) is 6.04 Å². The molecule has 1 saturated heterocycles. The maximum absolute atomic E-state index is 13.1. The Morgan fingerprint density at radius 2 is 2.10 bits per heavy atom. The fraction of sp³-hybridized carbons (Fsp3) is 0.625. The van der Waals surface area contributed by atoms with Gasteiger partial charge in [-0.25, -0.2) is 4.39 Å². The highest BCUT2D eigenvalue weighted by molar-refractivity contribution is 9.10. The molecule has 0 spiro atoms. The first-order chi connectivity index (χ1) is 9.60. The van der Waals surface area contributed by atoms with Crippen LogP contribution in [0.4, 0.5) is 4.39 Å². The van der Waals surface area contributed by atoms with Crippen molar-refractivity contribution in [3.05, 3.63) is 34.1 Å². The Morgan fingerprint density at radius 1 is 1.40 bits per heavy atom. The van der Waals surface area contributed by atoms with Crippen LogP contribution in [0.3, 0.4) is 0 Å². The number of rotatable bonds is 5. The molecular weight excluding hydrogens is 319 g/mol. The van der Waals surface area contributed by atoms with Crippen molar-refractivity contribution in [1.29, 1.82) is 0 Å². The molecule has 0 amide bonds. The molecule has 1 unspecified atom stereocenters. The van der Waals surface area contributed by atoms with Crippen molar-refractivity contribution < 1.29 is 4.39 Å². The number of nitrogens with zero attached hydrogens (tertiary/aromatic N) is 1. The first-order valence-electron chi connectivity index (χ1n) is 7.53. The van der Waals surface area contributed by atoms with E-state index in [1.807, 2.05) is 6.07 Å². The van der Waals surface area contributed by atoms with E-state index in [0.717, 1.165) is 10.0 Å². The van der Waals surface area contributed by atoms with Crippen LogP contribution in [0.5, 0.6) is 0 Å². The molecule has 2 rings (SSSR count). The van der Waals surface area contributed by atoms with Crippen molar-refractivity contribution in [3.63, 3.8) is 0 Å². The fourth-order valence-corrected chi connectivity index (χ4v) is 3.63. The van der Waals surface area contributed by atoms with Crippen molar-refractivity contribution in [3.8, 4) is 0 Å². The number of piperidine rings is 1. The topological polar surface area (TPSA) is 15.3 Å². The van der Waals surface area contributed by atoms with Crippen molar-refractivity contribution in [1.82, 2.24) is 10.2 Å². The van der Waals surface area contributed by atoms with Crippen molar-refractivity contribution >= 4 is 15.9 Å². The van der Waals surface area contributed by atoms with Gasteiger partial charge in [-0.1, -0.05) is 28.9 Å². The van der Waals surface area contributed by atoms with Gasteiger partial charge in [-0.15, -0.1) is 0 Å². The van der Waals surface area contributed by atoms with Crippen LogP contribution >= 0.6 is 15.9 Å². The minimum absolute atomic E-state index is 0.194. The lowest BCUT2D eigenvalue weighted by atomic mass is 10.0. The van der Waals surface area contributed by atoms with Crippen LogP contribution in [-0.4, -0.2) is 30.6 Å². The summed E-state index contributed by atoms with van der Waals surface area (Å²) in [7, 11) is 0. The summed E-state index contributed by atoms with van der Waals surface area (Å²) in [6, 6.07) is 5.74. The number of hydrogen-bond acceptors (Lipinski definition) is 2. The van der Waals surface area contributed by atoms with Gasteiger partial charge in [0.25, 0.3) is 0 Å². The fourth-order valence-electron chi connectivity index (χ4n) is 2.94. The molecule has 1 atom stereocenters. The molecule has 0 saturated carbocycles. The van der Waals surface area contributed by atoms with Crippen LogP contribution in [0.2, 0.25) is 0 Å². The maximum atomic E-state index is 13.1.